The van der Waals surface area contributed by atoms with Crippen molar-refractivity contribution in [2.24, 2.45) is 5.92 Å². The summed E-state index contributed by atoms with van der Waals surface area (Å²) in [5, 5.41) is 5.40. The molecule has 0 bridgehead atoms. The second-order valence-corrected chi connectivity index (χ2v) is 7.75. The van der Waals surface area contributed by atoms with E-state index >= 15 is 0 Å². The molecule has 8 heteroatoms. The van der Waals surface area contributed by atoms with Gasteiger partial charge in [0.05, 0.1) is 19.6 Å². The first-order valence-corrected chi connectivity index (χ1v) is 9.95. The molecule has 0 radical (unpaired) electrons. The van der Waals surface area contributed by atoms with Crippen LogP contribution in [-0.2, 0) is 14.4 Å². The third kappa shape index (κ3) is 5.14. The number of amides is 3. The minimum Gasteiger partial charge on any atom is -0.497 e. The minimum atomic E-state index is -0.504. The van der Waals surface area contributed by atoms with E-state index in [1.807, 2.05) is 19.1 Å². The van der Waals surface area contributed by atoms with E-state index in [-0.39, 0.29) is 37.2 Å². The fraction of sp³-hybridized carbons (Fsp3) is 0.286. The van der Waals surface area contributed by atoms with Crippen molar-refractivity contribution in [3.63, 3.8) is 0 Å². The second-order valence-electron chi connectivity index (χ2n) is 6.83. The first kappa shape index (κ1) is 20.9. The van der Waals surface area contributed by atoms with Crippen molar-refractivity contribution in [3.05, 3.63) is 52.5 Å². The van der Waals surface area contributed by atoms with E-state index in [0.717, 1.165) is 10.0 Å². The molecule has 2 N–H and O–H groups in total. The molecule has 0 saturated carbocycles. The number of carbonyl (C=O) groups excluding carboxylic acids is 3. The first-order valence-electron chi connectivity index (χ1n) is 9.15. The number of carbonyl (C=O) groups is 3. The third-order valence-corrected chi connectivity index (χ3v) is 5.24. The molecule has 1 fully saturated rings. The van der Waals surface area contributed by atoms with E-state index in [1.165, 1.54) is 0 Å². The Morgan fingerprint density at radius 1 is 1.24 bits per heavy atom. The standard InChI is InChI=1S/C21H22BrN3O4/c1-13-8-15(22)6-7-18(13)24-19(26)11-23-21(28)14-9-20(27)25(12-14)16-4-3-5-17(10-16)29-2/h3-8,10,14H,9,11-12H2,1-2H3,(H,23,28)(H,24,26)/t14-/m1/s1. The number of nitrogens with one attached hydrogen (secondary N) is 2. The van der Waals surface area contributed by atoms with E-state index in [4.69, 9.17) is 4.74 Å². The van der Waals surface area contributed by atoms with Crippen LogP contribution < -0.4 is 20.3 Å². The number of ether oxygens (including phenoxy) is 1. The molecule has 1 heterocycles. The Morgan fingerprint density at radius 3 is 2.76 bits per heavy atom. The fourth-order valence-electron chi connectivity index (χ4n) is 3.18. The molecule has 1 aliphatic rings. The highest BCUT2D eigenvalue weighted by atomic mass is 79.9. The largest absolute Gasteiger partial charge is 0.497 e. The molecule has 3 amide bonds. The Morgan fingerprint density at radius 2 is 2.03 bits per heavy atom. The van der Waals surface area contributed by atoms with Crippen LogP contribution in [0.2, 0.25) is 0 Å². The zero-order valence-electron chi connectivity index (χ0n) is 16.2. The van der Waals surface area contributed by atoms with Gasteiger partial charge in [-0.15, -0.1) is 0 Å². The van der Waals surface area contributed by atoms with Gasteiger partial charge >= 0.3 is 0 Å². The molecule has 1 saturated heterocycles. The molecule has 2 aromatic carbocycles. The van der Waals surface area contributed by atoms with Crippen molar-refractivity contribution in [1.29, 1.82) is 0 Å². The lowest BCUT2D eigenvalue weighted by Crippen LogP contribution is -2.38. The van der Waals surface area contributed by atoms with Crippen LogP contribution in [0, 0.1) is 12.8 Å². The number of methoxy groups -OCH3 is 1. The third-order valence-electron chi connectivity index (χ3n) is 4.75. The molecular formula is C21H22BrN3O4. The van der Waals surface area contributed by atoms with E-state index in [0.29, 0.717) is 17.1 Å². The molecule has 0 spiro atoms. The maximum absolute atomic E-state index is 12.5. The van der Waals surface area contributed by atoms with Crippen LogP contribution in [0.25, 0.3) is 0 Å². The van der Waals surface area contributed by atoms with Crippen LogP contribution in [0.4, 0.5) is 11.4 Å². The maximum Gasteiger partial charge on any atom is 0.243 e. The molecule has 7 nitrogen and oxygen atoms in total. The molecular weight excluding hydrogens is 438 g/mol. The highest BCUT2D eigenvalue weighted by molar-refractivity contribution is 9.10. The van der Waals surface area contributed by atoms with Gasteiger partial charge in [0.1, 0.15) is 5.75 Å². The Balaban J connectivity index is 1.54. The predicted molar refractivity (Wildman–Crippen MR) is 114 cm³/mol. The molecule has 3 rings (SSSR count). The average molecular weight is 460 g/mol. The smallest absolute Gasteiger partial charge is 0.243 e. The lowest BCUT2D eigenvalue weighted by Gasteiger charge is -2.17. The van der Waals surface area contributed by atoms with Crippen LogP contribution in [0.1, 0.15) is 12.0 Å². The monoisotopic (exact) mass is 459 g/mol. The minimum absolute atomic E-state index is 0.108. The Kier molecular flexibility index (Phi) is 6.53. The zero-order chi connectivity index (χ0) is 21.0. The lowest BCUT2D eigenvalue weighted by molar-refractivity contribution is -0.127. The summed E-state index contributed by atoms with van der Waals surface area (Å²) in [6.45, 7) is 2.00. The normalized spacial score (nSPS) is 15.9. The SMILES string of the molecule is COc1cccc(N2C[C@H](C(=O)NCC(=O)Nc3ccc(Br)cc3C)CC2=O)c1. The summed E-state index contributed by atoms with van der Waals surface area (Å²) < 4.78 is 6.11. The highest BCUT2D eigenvalue weighted by Crippen LogP contribution is 2.28. The summed E-state index contributed by atoms with van der Waals surface area (Å²) in [7, 11) is 1.56. The van der Waals surface area contributed by atoms with Crippen LogP contribution >= 0.6 is 15.9 Å². The molecule has 0 unspecified atom stereocenters. The molecule has 0 aliphatic carbocycles. The number of aryl methyl sites for hydroxylation is 1. The number of anilines is 2. The van der Waals surface area contributed by atoms with Gasteiger partial charge in [-0.1, -0.05) is 22.0 Å². The number of hydrogen-bond acceptors (Lipinski definition) is 4. The van der Waals surface area contributed by atoms with Crippen molar-refractivity contribution in [2.45, 2.75) is 13.3 Å². The van der Waals surface area contributed by atoms with E-state index in [9.17, 15) is 14.4 Å². The van der Waals surface area contributed by atoms with Gasteiger partial charge in [-0.2, -0.15) is 0 Å². The summed E-state index contributed by atoms with van der Waals surface area (Å²) >= 11 is 3.38. The maximum atomic E-state index is 12.5. The predicted octanol–water partition coefficient (Wildman–Crippen LogP) is 2.87. The summed E-state index contributed by atoms with van der Waals surface area (Å²) in [4.78, 5) is 38.5. The lowest BCUT2D eigenvalue weighted by atomic mass is 10.1. The molecule has 2 aromatic rings. The first-order chi connectivity index (χ1) is 13.9. The summed E-state index contributed by atoms with van der Waals surface area (Å²) in [5.74, 6) is -0.628. The second kappa shape index (κ2) is 9.09. The van der Waals surface area contributed by atoms with Crippen LogP contribution in [0.3, 0.4) is 0 Å². The molecule has 29 heavy (non-hydrogen) atoms. The summed E-state index contributed by atoms with van der Waals surface area (Å²) in [5.41, 5.74) is 2.29. The molecule has 1 aliphatic heterocycles. The van der Waals surface area contributed by atoms with Crippen molar-refractivity contribution < 1.29 is 19.1 Å². The molecule has 1 atom stereocenters. The van der Waals surface area contributed by atoms with E-state index < -0.39 is 5.92 Å². The molecule has 152 valence electrons. The van der Waals surface area contributed by atoms with Crippen LogP contribution in [-0.4, -0.2) is 37.9 Å². The van der Waals surface area contributed by atoms with E-state index in [1.54, 1.807) is 42.3 Å². The Hall–Kier alpha value is -2.87. The van der Waals surface area contributed by atoms with Gasteiger partial charge in [0.2, 0.25) is 17.7 Å². The number of hydrogen-bond donors (Lipinski definition) is 2. The Labute approximate surface area is 177 Å². The summed E-state index contributed by atoms with van der Waals surface area (Å²) in [6, 6.07) is 12.7. The zero-order valence-corrected chi connectivity index (χ0v) is 17.8. The highest BCUT2D eigenvalue weighted by Gasteiger charge is 2.35. The van der Waals surface area contributed by atoms with Gasteiger partial charge in [0.15, 0.2) is 0 Å². The number of rotatable bonds is 6. The van der Waals surface area contributed by atoms with Gasteiger partial charge in [0, 0.05) is 34.9 Å². The van der Waals surface area contributed by atoms with Crippen LogP contribution in [0.15, 0.2) is 46.9 Å². The van der Waals surface area contributed by atoms with Crippen molar-refractivity contribution in [3.8, 4) is 5.75 Å². The topological polar surface area (TPSA) is 87.7 Å². The van der Waals surface area contributed by atoms with Crippen molar-refractivity contribution in [2.75, 3.05) is 30.4 Å². The van der Waals surface area contributed by atoms with E-state index in [2.05, 4.69) is 26.6 Å². The number of benzene rings is 2. The van der Waals surface area contributed by atoms with Gasteiger partial charge < -0.3 is 20.3 Å². The van der Waals surface area contributed by atoms with Crippen molar-refractivity contribution >= 4 is 45.0 Å². The summed E-state index contributed by atoms with van der Waals surface area (Å²) in [6.07, 6.45) is 0.108. The van der Waals surface area contributed by atoms with Gasteiger partial charge in [-0.25, -0.2) is 0 Å². The van der Waals surface area contributed by atoms with Crippen LogP contribution in [0.5, 0.6) is 5.75 Å². The quantitative estimate of drug-likeness (QED) is 0.694. The number of halogens is 1. The average Bonchev–Trinajstić information content (AvgIpc) is 3.10. The fourth-order valence-corrected chi connectivity index (χ4v) is 3.66. The van der Waals surface area contributed by atoms with Gasteiger partial charge in [0.25, 0.3) is 0 Å². The molecule has 0 aromatic heterocycles. The Bertz CT molecular complexity index is 947. The van der Waals surface area contributed by atoms with Gasteiger partial charge in [-0.3, -0.25) is 14.4 Å². The van der Waals surface area contributed by atoms with Gasteiger partial charge in [-0.05, 0) is 42.8 Å². The van der Waals surface area contributed by atoms with Crippen molar-refractivity contribution in [1.82, 2.24) is 5.32 Å². The number of nitrogens with zero attached hydrogens (tertiary/aromatic N) is 1.